The van der Waals surface area contributed by atoms with Crippen LogP contribution in [0.15, 0.2) is 44.4 Å². The number of carbonyl (C=O) groups is 1. The second kappa shape index (κ2) is 8.43. The quantitative estimate of drug-likeness (QED) is 0.570. The van der Waals surface area contributed by atoms with Crippen molar-refractivity contribution in [1.29, 1.82) is 0 Å². The highest BCUT2D eigenvalue weighted by atomic mass is 32.2. The maximum atomic E-state index is 12.8. The van der Waals surface area contributed by atoms with Gasteiger partial charge in [-0.25, -0.2) is 9.67 Å². The van der Waals surface area contributed by atoms with Gasteiger partial charge in [-0.1, -0.05) is 17.8 Å². The van der Waals surface area contributed by atoms with E-state index in [1.165, 1.54) is 22.5 Å². The Hall–Kier alpha value is -2.72. The number of nitrogens with zero attached hydrogens (tertiary/aromatic N) is 4. The summed E-state index contributed by atoms with van der Waals surface area (Å²) in [5, 5.41) is 9.94. The van der Waals surface area contributed by atoms with Crippen LogP contribution in [-0.4, -0.2) is 37.5 Å². The third-order valence-corrected chi connectivity index (χ3v) is 7.57. The van der Waals surface area contributed by atoms with E-state index in [0.717, 1.165) is 46.2 Å². The second-order valence-corrected chi connectivity index (χ2v) is 9.56. The van der Waals surface area contributed by atoms with Crippen LogP contribution in [0.3, 0.4) is 0 Å². The molecule has 0 spiro atoms. The van der Waals surface area contributed by atoms with Gasteiger partial charge in [0.15, 0.2) is 5.16 Å². The molecule has 4 heterocycles. The molecule has 31 heavy (non-hydrogen) atoms. The van der Waals surface area contributed by atoms with Crippen molar-refractivity contribution >= 4 is 29.0 Å². The van der Waals surface area contributed by atoms with Crippen LogP contribution in [0.1, 0.15) is 30.1 Å². The number of thiophene rings is 1. The molecule has 0 saturated heterocycles. The van der Waals surface area contributed by atoms with Gasteiger partial charge in [-0.3, -0.25) is 19.0 Å². The van der Waals surface area contributed by atoms with Crippen molar-refractivity contribution in [3.63, 3.8) is 0 Å². The molecule has 0 radical (unpaired) electrons. The Morgan fingerprint density at radius 2 is 2.13 bits per heavy atom. The Morgan fingerprint density at radius 3 is 2.97 bits per heavy atom. The van der Waals surface area contributed by atoms with Crippen molar-refractivity contribution in [3.05, 3.63) is 61.6 Å². The largest absolute Gasteiger partial charge is 0.354 e. The number of amides is 1. The normalized spacial score (nSPS) is 16.8. The molecule has 3 aromatic heterocycles. The molecular formula is C21H21N5O3S2. The first-order valence-electron chi connectivity index (χ1n) is 10.3. The van der Waals surface area contributed by atoms with Gasteiger partial charge in [0.05, 0.1) is 23.2 Å². The Labute approximate surface area is 186 Å². The van der Waals surface area contributed by atoms with Gasteiger partial charge in [-0.05, 0) is 36.8 Å². The van der Waals surface area contributed by atoms with Crippen molar-refractivity contribution in [2.24, 2.45) is 0 Å². The van der Waals surface area contributed by atoms with E-state index in [4.69, 9.17) is 0 Å². The maximum absolute atomic E-state index is 12.8. The Morgan fingerprint density at radius 1 is 1.23 bits per heavy atom. The molecule has 1 unspecified atom stereocenters. The van der Waals surface area contributed by atoms with Gasteiger partial charge in [0.1, 0.15) is 5.69 Å². The van der Waals surface area contributed by atoms with E-state index in [1.807, 2.05) is 17.5 Å². The number of aromatic nitrogens is 4. The molecule has 1 amide bonds. The zero-order valence-corrected chi connectivity index (χ0v) is 18.4. The van der Waals surface area contributed by atoms with Gasteiger partial charge < -0.3 is 5.32 Å². The summed E-state index contributed by atoms with van der Waals surface area (Å²) in [5.41, 5.74) is 2.29. The summed E-state index contributed by atoms with van der Waals surface area (Å²) in [4.78, 5) is 43.1. The first-order chi connectivity index (χ1) is 15.1. The van der Waals surface area contributed by atoms with Crippen LogP contribution in [0.25, 0.3) is 10.6 Å². The minimum absolute atomic E-state index is 0.0152. The monoisotopic (exact) mass is 455 g/mol. The predicted octanol–water partition coefficient (Wildman–Crippen LogP) is 1.87. The SMILES string of the molecule is O=C(CC1CSc2nc3c(c(=O)n21)CCC3)NCCn1nc(-c2cccs2)ccc1=O. The van der Waals surface area contributed by atoms with E-state index in [0.29, 0.717) is 12.3 Å². The number of hydrogen-bond donors (Lipinski definition) is 1. The number of thioether (sulfide) groups is 1. The van der Waals surface area contributed by atoms with Crippen molar-refractivity contribution in [3.8, 4) is 10.6 Å². The summed E-state index contributed by atoms with van der Waals surface area (Å²) >= 11 is 3.10. The zero-order valence-electron chi connectivity index (χ0n) is 16.7. The molecule has 3 aromatic rings. The van der Waals surface area contributed by atoms with Gasteiger partial charge in [-0.15, -0.1) is 11.3 Å². The summed E-state index contributed by atoms with van der Waals surface area (Å²) in [7, 11) is 0. The van der Waals surface area contributed by atoms with Gasteiger partial charge in [0.25, 0.3) is 11.1 Å². The van der Waals surface area contributed by atoms with Gasteiger partial charge in [0.2, 0.25) is 5.91 Å². The molecular weight excluding hydrogens is 434 g/mol. The van der Waals surface area contributed by atoms with Crippen LogP contribution in [0.2, 0.25) is 0 Å². The first-order valence-corrected chi connectivity index (χ1v) is 12.1. The molecule has 0 aromatic carbocycles. The van der Waals surface area contributed by atoms with Crippen LogP contribution in [0.5, 0.6) is 0 Å². The Bertz CT molecular complexity index is 1250. The smallest absolute Gasteiger partial charge is 0.266 e. The Balaban J connectivity index is 1.21. The lowest BCUT2D eigenvalue weighted by Crippen LogP contribution is -2.35. The van der Waals surface area contributed by atoms with E-state index < -0.39 is 0 Å². The van der Waals surface area contributed by atoms with Crippen molar-refractivity contribution in [2.75, 3.05) is 12.3 Å². The van der Waals surface area contributed by atoms with E-state index in [1.54, 1.807) is 22.0 Å². The molecule has 5 rings (SSSR count). The molecule has 10 heteroatoms. The number of nitrogens with one attached hydrogen (secondary N) is 1. The van der Waals surface area contributed by atoms with E-state index in [9.17, 15) is 14.4 Å². The van der Waals surface area contributed by atoms with Crippen LogP contribution < -0.4 is 16.4 Å². The fourth-order valence-electron chi connectivity index (χ4n) is 4.05. The van der Waals surface area contributed by atoms with Crippen LogP contribution >= 0.6 is 23.1 Å². The van der Waals surface area contributed by atoms with E-state index in [-0.39, 0.29) is 36.0 Å². The summed E-state index contributed by atoms with van der Waals surface area (Å²) in [6.07, 6.45) is 2.83. The number of carbonyl (C=O) groups excluding carboxylic acids is 1. The molecule has 1 atom stereocenters. The maximum Gasteiger partial charge on any atom is 0.266 e. The summed E-state index contributed by atoms with van der Waals surface area (Å²) in [5.74, 6) is 0.524. The predicted molar refractivity (Wildman–Crippen MR) is 120 cm³/mol. The third-order valence-electron chi connectivity index (χ3n) is 5.58. The summed E-state index contributed by atoms with van der Waals surface area (Å²) in [6, 6.07) is 6.91. The molecule has 0 saturated carbocycles. The fraction of sp³-hybridized carbons (Fsp3) is 0.381. The average molecular weight is 456 g/mol. The number of hydrogen-bond acceptors (Lipinski definition) is 7. The number of fused-ring (bicyclic) bond motifs is 2. The van der Waals surface area contributed by atoms with Crippen molar-refractivity contribution in [2.45, 2.75) is 43.4 Å². The second-order valence-electron chi connectivity index (χ2n) is 7.62. The highest BCUT2D eigenvalue weighted by molar-refractivity contribution is 7.99. The zero-order chi connectivity index (χ0) is 21.4. The lowest BCUT2D eigenvalue weighted by molar-refractivity contribution is -0.121. The number of aryl methyl sites for hydroxylation is 1. The standard InChI is InChI=1S/C21H21N5O3S2/c27-18(11-13-12-31-21-23-15-4-1-3-14(15)20(29)26(13)21)22-8-9-25-19(28)7-6-16(24-25)17-5-2-10-30-17/h2,5-7,10,13H,1,3-4,8-9,11-12H2,(H,22,27). The molecule has 8 nitrogen and oxygen atoms in total. The number of rotatable bonds is 6. The first kappa shape index (κ1) is 20.2. The topological polar surface area (TPSA) is 98.9 Å². The minimum Gasteiger partial charge on any atom is -0.354 e. The fourth-order valence-corrected chi connectivity index (χ4v) is 5.90. The molecule has 1 aliphatic heterocycles. The van der Waals surface area contributed by atoms with E-state index in [2.05, 4.69) is 15.4 Å². The lowest BCUT2D eigenvalue weighted by atomic mass is 10.2. The molecule has 160 valence electrons. The molecule has 0 fully saturated rings. The molecule has 1 aliphatic carbocycles. The summed E-state index contributed by atoms with van der Waals surface area (Å²) in [6.45, 7) is 0.582. The van der Waals surface area contributed by atoms with Crippen LogP contribution in [0.4, 0.5) is 0 Å². The minimum atomic E-state index is -0.206. The van der Waals surface area contributed by atoms with Crippen molar-refractivity contribution < 1.29 is 4.79 Å². The van der Waals surface area contributed by atoms with Gasteiger partial charge in [0, 0.05) is 30.3 Å². The third kappa shape index (κ3) is 3.97. The highest BCUT2D eigenvalue weighted by Gasteiger charge is 2.31. The molecule has 2 aliphatic rings. The van der Waals surface area contributed by atoms with Crippen LogP contribution in [-0.2, 0) is 24.2 Å². The highest BCUT2D eigenvalue weighted by Crippen LogP contribution is 2.33. The van der Waals surface area contributed by atoms with Gasteiger partial charge >= 0.3 is 0 Å². The van der Waals surface area contributed by atoms with E-state index >= 15 is 0 Å². The lowest BCUT2D eigenvalue weighted by Gasteiger charge is -2.14. The molecule has 0 bridgehead atoms. The molecule has 1 N–H and O–H groups in total. The van der Waals surface area contributed by atoms with Gasteiger partial charge in [-0.2, -0.15) is 5.10 Å². The van der Waals surface area contributed by atoms with Crippen LogP contribution in [0, 0.1) is 0 Å². The summed E-state index contributed by atoms with van der Waals surface area (Å²) < 4.78 is 3.07. The Kier molecular flexibility index (Phi) is 5.49. The average Bonchev–Trinajstić information content (AvgIpc) is 3.51. The van der Waals surface area contributed by atoms with Crippen molar-refractivity contribution in [1.82, 2.24) is 24.6 Å².